The molecule has 0 saturated carbocycles. The predicted octanol–water partition coefficient (Wildman–Crippen LogP) is 2.00. The standard InChI is InChI=1S/C9H8ClNO3/c10-11(9(13)14)6-8(12)7-4-2-1-3-5-7/h1-5H,6H2,(H,13,14). The van der Waals surface area contributed by atoms with E-state index in [1.54, 1.807) is 30.3 Å². The van der Waals surface area contributed by atoms with Gasteiger partial charge in [0.25, 0.3) is 0 Å². The molecule has 0 unspecified atom stereocenters. The van der Waals surface area contributed by atoms with Crippen LogP contribution in [0.4, 0.5) is 4.79 Å². The van der Waals surface area contributed by atoms with Crippen molar-refractivity contribution in [3.63, 3.8) is 0 Å². The predicted molar refractivity (Wildman–Crippen MR) is 51.4 cm³/mol. The van der Waals surface area contributed by atoms with Crippen LogP contribution in [0.2, 0.25) is 0 Å². The smallest absolute Gasteiger partial charge is 0.422 e. The van der Waals surface area contributed by atoms with Gasteiger partial charge in [-0.05, 0) is 0 Å². The normalized spacial score (nSPS) is 9.50. The SMILES string of the molecule is O=C(CN(Cl)C(=O)O)c1ccccc1. The summed E-state index contributed by atoms with van der Waals surface area (Å²) in [5, 5.41) is 8.42. The third-order valence-electron chi connectivity index (χ3n) is 1.59. The molecule has 0 spiro atoms. The number of nitrogens with zero attached hydrogens (tertiary/aromatic N) is 1. The zero-order valence-corrected chi connectivity index (χ0v) is 7.94. The summed E-state index contributed by atoms with van der Waals surface area (Å²) in [5.41, 5.74) is 0.444. The minimum atomic E-state index is -1.34. The molecule has 1 N–H and O–H groups in total. The summed E-state index contributed by atoms with van der Waals surface area (Å²) in [5.74, 6) is -0.331. The molecule has 14 heavy (non-hydrogen) atoms. The largest absolute Gasteiger partial charge is 0.464 e. The molecule has 74 valence electrons. The van der Waals surface area contributed by atoms with E-state index in [4.69, 9.17) is 16.9 Å². The number of carboxylic acid groups (broad SMARTS) is 1. The molecule has 1 aromatic rings. The molecule has 0 aliphatic carbocycles. The van der Waals surface area contributed by atoms with Gasteiger partial charge in [0.15, 0.2) is 5.78 Å². The van der Waals surface area contributed by atoms with Crippen LogP contribution in [0.1, 0.15) is 10.4 Å². The van der Waals surface area contributed by atoms with Gasteiger partial charge in [0.05, 0.1) is 0 Å². The zero-order chi connectivity index (χ0) is 10.6. The monoisotopic (exact) mass is 213 g/mol. The third kappa shape index (κ3) is 2.74. The highest BCUT2D eigenvalue weighted by atomic mass is 35.5. The van der Waals surface area contributed by atoms with Crippen molar-refractivity contribution < 1.29 is 14.7 Å². The van der Waals surface area contributed by atoms with Crippen molar-refractivity contribution in [1.82, 2.24) is 4.42 Å². The molecule has 1 amide bonds. The van der Waals surface area contributed by atoms with E-state index in [1.807, 2.05) is 0 Å². The number of benzene rings is 1. The Morgan fingerprint density at radius 3 is 2.36 bits per heavy atom. The molecule has 5 heteroatoms. The summed E-state index contributed by atoms with van der Waals surface area (Å²) in [6, 6.07) is 8.38. The Balaban J connectivity index is 2.64. The maximum absolute atomic E-state index is 11.4. The van der Waals surface area contributed by atoms with Gasteiger partial charge in [-0.3, -0.25) is 4.79 Å². The van der Waals surface area contributed by atoms with E-state index in [9.17, 15) is 9.59 Å². The fraction of sp³-hybridized carbons (Fsp3) is 0.111. The maximum atomic E-state index is 11.4. The number of rotatable bonds is 3. The quantitative estimate of drug-likeness (QED) is 0.617. The van der Waals surface area contributed by atoms with Crippen LogP contribution in [0, 0.1) is 0 Å². The van der Waals surface area contributed by atoms with Crippen LogP contribution in [0.25, 0.3) is 0 Å². The molecule has 0 aliphatic rings. The second-order valence-corrected chi connectivity index (χ2v) is 3.00. The summed E-state index contributed by atoms with van der Waals surface area (Å²) in [4.78, 5) is 21.7. The van der Waals surface area contributed by atoms with Crippen LogP contribution in [0.5, 0.6) is 0 Å². The third-order valence-corrected chi connectivity index (χ3v) is 1.85. The van der Waals surface area contributed by atoms with E-state index in [1.165, 1.54) is 0 Å². The zero-order valence-electron chi connectivity index (χ0n) is 7.18. The van der Waals surface area contributed by atoms with E-state index >= 15 is 0 Å². The Kier molecular flexibility index (Phi) is 3.48. The van der Waals surface area contributed by atoms with E-state index < -0.39 is 6.09 Å². The van der Waals surface area contributed by atoms with Crippen LogP contribution < -0.4 is 0 Å². The molecular weight excluding hydrogens is 206 g/mol. The van der Waals surface area contributed by atoms with Gasteiger partial charge in [-0.1, -0.05) is 30.3 Å². The minimum Gasteiger partial charge on any atom is -0.464 e. The van der Waals surface area contributed by atoms with Gasteiger partial charge in [-0.25, -0.2) is 9.21 Å². The molecule has 1 rings (SSSR count). The second-order valence-electron chi connectivity index (χ2n) is 2.59. The first-order chi connectivity index (χ1) is 6.61. The number of hydrogen-bond acceptors (Lipinski definition) is 2. The van der Waals surface area contributed by atoms with Crippen molar-refractivity contribution in [3.8, 4) is 0 Å². The molecule has 0 atom stereocenters. The van der Waals surface area contributed by atoms with Gasteiger partial charge < -0.3 is 5.11 Å². The summed E-state index contributed by atoms with van der Waals surface area (Å²) in [7, 11) is 0. The lowest BCUT2D eigenvalue weighted by molar-refractivity contribution is 0.0958. The second kappa shape index (κ2) is 4.62. The van der Waals surface area contributed by atoms with Crippen LogP contribution >= 0.6 is 11.8 Å². The number of carbonyl (C=O) groups is 2. The Bertz CT molecular complexity index is 339. The van der Waals surface area contributed by atoms with Crippen LogP contribution in [0.3, 0.4) is 0 Å². The van der Waals surface area contributed by atoms with E-state index in [0.29, 0.717) is 9.98 Å². The first-order valence-electron chi connectivity index (χ1n) is 3.85. The average Bonchev–Trinajstić information content (AvgIpc) is 2.19. The van der Waals surface area contributed by atoms with Gasteiger partial charge in [0, 0.05) is 17.3 Å². The molecular formula is C9H8ClNO3. The lowest BCUT2D eigenvalue weighted by atomic mass is 10.1. The fourth-order valence-electron chi connectivity index (χ4n) is 0.909. The van der Waals surface area contributed by atoms with Gasteiger partial charge in [-0.2, -0.15) is 0 Å². The number of ketones is 1. The lowest BCUT2D eigenvalue weighted by Crippen LogP contribution is -2.26. The number of halogens is 1. The van der Waals surface area contributed by atoms with E-state index in [0.717, 1.165) is 0 Å². The lowest BCUT2D eigenvalue weighted by Gasteiger charge is -2.07. The number of Topliss-reactive ketones (excluding diaryl/α,β-unsaturated/α-hetero) is 1. The van der Waals surface area contributed by atoms with E-state index in [-0.39, 0.29) is 12.3 Å². The van der Waals surface area contributed by atoms with Crippen molar-refractivity contribution in [2.24, 2.45) is 0 Å². The maximum Gasteiger partial charge on any atom is 0.422 e. The van der Waals surface area contributed by atoms with Crippen molar-refractivity contribution in [2.45, 2.75) is 0 Å². The molecule has 0 aromatic heterocycles. The summed E-state index contributed by atoms with van der Waals surface area (Å²) < 4.78 is 0.426. The Labute approximate surface area is 85.8 Å². The van der Waals surface area contributed by atoms with Crippen molar-refractivity contribution >= 4 is 23.7 Å². The van der Waals surface area contributed by atoms with Crippen LogP contribution in [-0.2, 0) is 0 Å². The molecule has 0 saturated heterocycles. The highest BCUT2D eigenvalue weighted by molar-refractivity contribution is 6.21. The molecule has 0 radical (unpaired) electrons. The molecule has 0 aliphatic heterocycles. The summed E-state index contributed by atoms with van der Waals surface area (Å²) in [6.07, 6.45) is -1.34. The molecule has 0 heterocycles. The van der Waals surface area contributed by atoms with Crippen molar-refractivity contribution in [1.29, 1.82) is 0 Å². The molecule has 0 bridgehead atoms. The minimum absolute atomic E-state index is 0.331. The Hall–Kier alpha value is -1.55. The molecule has 4 nitrogen and oxygen atoms in total. The fourth-order valence-corrected chi connectivity index (χ4v) is 1.02. The van der Waals surface area contributed by atoms with Crippen LogP contribution in [-0.4, -0.2) is 27.9 Å². The first kappa shape index (κ1) is 10.5. The first-order valence-corrected chi connectivity index (χ1v) is 4.19. The number of amides is 1. The van der Waals surface area contributed by atoms with Crippen molar-refractivity contribution in [2.75, 3.05) is 6.54 Å². The summed E-state index contributed by atoms with van der Waals surface area (Å²) in [6.45, 7) is -0.346. The molecule has 0 fully saturated rings. The van der Waals surface area contributed by atoms with E-state index in [2.05, 4.69) is 0 Å². The topological polar surface area (TPSA) is 57.6 Å². The van der Waals surface area contributed by atoms with Crippen molar-refractivity contribution in [3.05, 3.63) is 35.9 Å². The van der Waals surface area contributed by atoms with Gasteiger partial charge in [0.1, 0.15) is 6.54 Å². The Morgan fingerprint density at radius 2 is 1.86 bits per heavy atom. The van der Waals surface area contributed by atoms with Gasteiger partial charge in [0.2, 0.25) is 0 Å². The number of carbonyl (C=O) groups excluding carboxylic acids is 1. The Morgan fingerprint density at radius 1 is 1.29 bits per heavy atom. The molecule has 1 aromatic carbocycles. The van der Waals surface area contributed by atoms with Crippen LogP contribution in [0.15, 0.2) is 30.3 Å². The highest BCUT2D eigenvalue weighted by Crippen LogP contribution is 2.03. The number of hydrogen-bond donors (Lipinski definition) is 1. The average molecular weight is 214 g/mol. The summed E-state index contributed by atoms with van der Waals surface area (Å²) >= 11 is 5.27. The highest BCUT2D eigenvalue weighted by Gasteiger charge is 2.14. The van der Waals surface area contributed by atoms with Gasteiger partial charge in [-0.15, -0.1) is 0 Å². The van der Waals surface area contributed by atoms with Gasteiger partial charge >= 0.3 is 6.09 Å².